The quantitative estimate of drug-likeness (QED) is 0.804. The third kappa shape index (κ3) is 2.72. The Balaban J connectivity index is 1.72. The van der Waals surface area contributed by atoms with Crippen molar-refractivity contribution >= 4 is 11.0 Å². The lowest BCUT2D eigenvalue weighted by Crippen LogP contribution is -2.18. The van der Waals surface area contributed by atoms with Crippen LogP contribution in [0.25, 0.3) is 22.2 Å². The Hall–Kier alpha value is -2.27. The summed E-state index contributed by atoms with van der Waals surface area (Å²) in [6.07, 6.45) is 5.33. The second kappa shape index (κ2) is 5.42. The maximum absolute atomic E-state index is 13.4. The summed E-state index contributed by atoms with van der Waals surface area (Å²) in [5.41, 5.74) is 4.15. The standard InChI is InChI=1S/C18H18FN3O/c1-11-6-13(4-5-15(11)19)14-7-17-16(20-8-14)9-21-22(17)10-18(23)12-2-3-12/h4-9,12,18,23H,2-3,10H2,1H3/t18-/m0/s1. The summed E-state index contributed by atoms with van der Waals surface area (Å²) in [5.74, 6) is 0.200. The van der Waals surface area contributed by atoms with Gasteiger partial charge in [0.2, 0.25) is 0 Å². The number of fused-ring (bicyclic) bond motifs is 1. The predicted octanol–water partition coefficient (Wildman–Crippen LogP) is 3.32. The van der Waals surface area contributed by atoms with Gasteiger partial charge in [-0.25, -0.2) is 4.39 Å². The number of nitrogens with zero attached hydrogens (tertiary/aromatic N) is 3. The molecule has 0 bridgehead atoms. The lowest BCUT2D eigenvalue weighted by Gasteiger charge is -2.10. The molecule has 118 valence electrons. The number of benzene rings is 1. The molecule has 1 saturated carbocycles. The minimum Gasteiger partial charge on any atom is -0.391 e. The van der Waals surface area contributed by atoms with Crippen LogP contribution in [0.2, 0.25) is 0 Å². The van der Waals surface area contributed by atoms with Crippen LogP contribution in [0.15, 0.2) is 36.7 Å². The fourth-order valence-electron chi connectivity index (χ4n) is 2.89. The van der Waals surface area contributed by atoms with E-state index in [-0.39, 0.29) is 11.9 Å². The number of hydrogen-bond acceptors (Lipinski definition) is 3. The molecule has 0 saturated heterocycles. The van der Waals surface area contributed by atoms with Crippen LogP contribution in [0.3, 0.4) is 0 Å². The van der Waals surface area contributed by atoms with Crippen molar-refractivity contribution in [3.05, 3.63) is 48.0 Å². The van der Waals surface area contributed by atoms with E-state index in [2.05, 4.69) is 10.1 Å². The van der Waals surface area contributed by atoms with Crippen molar-refractivity contribution in [2.24, 2.45) is 5.92 Å². The third-order valence-corrected chi connectivity index (χ3v) is 4.51. The van der Waals surface area contributed by atoms with Crippen molar-refractivity contribution in [2.75, 3.05) is 0 Å². The molecular weight excluding hydrogens is 293 g/mol. The molecular formula is C18H18FN3O. The molecule has 2 aromatic heterocycles. The van der Waals surface area contributed by atoms with Gasteiger partial charge >= 0.3 is 0 Å². The molecule has 0 unspecified atom stereocenters. The van der Waals surface area contributed by atoms with Crippen molar-refractivity contribution in [3.63, 3.8) is 0 Å². The highest BCUT2D eigenvalue weighted by Gasteiger charge is 2.30. The Morgan fingerprint density at radius 2 is 2.09 bits per heavy atom. The molecule has 1 aliphatic carbocycles. The molecule has 0 spiro atoms. The zero-order valence-electron chi connectivity index (χ0n) is 12.9. The van der Waals surface area contributed by atoms with Crippen LogP contribution < -0.4 is 0 Å². The van der Waals surface area contributed by atoms with Gasteiger partial charge in [-0.3, -0.25) is 9.67 Å². The molecule has 1 fully saturated rings. The minimum absolute atomic E-state index is 0.208. The van der Waals surface area contributed by atoms with Crippen molar-refractivity contribution in [1.29, 1.82) is 0 Å². The molecule has 4 nitrogen and oxygen atoms in total. The lowest BCUT2D eigenvalue weighted by molar-refractivity contribution is 0.128. The largest absolute Gasteiger partial charge is 0.391 e. The van der Waals surface area contributed by atoms with E-state index in [4.69, 9.17) is 0 Å². The Kier molecular flexibility index (Phi) is 3.38. The van der Waals surface area contributed by atoms with Gasteiger partial charge in [-0.15, -0.1) is 0 Å². The molecule has 5 heteroatoms. The fraction of sp³-hybridized carbons (Fsp3) is 0.333. The van der Waals surface area contributed by atoms with Crippen LogP contribution in [-0.4, -0.2) is 26.0 Å². The average Bonchev–Trinajstić information content (AvgIpc) is 3.33. The normalized spacial score (nSPS) is 16.0. The van der Waals surface area contributed by atoms with Crippen molar-refractivity contribution < 1.29 is 9.50 Å². The molecule has 23 heavy (non-hydrogen) atoms. The Bertz CT molecular complexity index is 870. The summed E-state index contributed by atoms with van der Waals surface area (Å²) in [4.78, 5) is 4.44. The van der Waals surface area contributed by atoms with E-state index in [0.29, 0.717) is 18.0 Å². The monoisotopic (exact) mass is 311 g/mol. The van der Waals surface area contributed by atoms with E-state index in [1.165, 1.54) is 6.07 Å². The van der Waals surface area contributed by atoms with Crippen molar-refractivity contribution in [3.8, 4) is 11.1 Å². The molecule has 1 aromatic carbocycles. The molecule has 1 aliphatic rings. The molecule has 0 amide bonds. The first-order chi connectivity index (χ1) is 11.1. The zero-order chi connectivity index (χ0) is 16.0. The summed E-state index contributed by atoms with van der Waals surface area (Å²) in [6.45, 7) is 2.24. The highest BCUT2D eigenvalue weighted by molar-refractivity contribution is 5.80. The van der Waals surface area contributed by atoms with Gasteiger partial charge in [-0.2, -0.15) is 5.10 Å². The third-order valence-electron chi connectivity index (χ3n) is 4.51. The first kappa shape index (κ1) is 14.3. The van der Waals surface area contributed by atoms with E-state index in [0.717, 1.165) is 35.0 Å². The molecule has 4 rings (SSSR count). The van der Waals surface area contributed by atoms with E-state index in [1.807, 2.05) is 16.8 Å². The summed E-state index contributed by atoms with van der Waals surface area (Å²) >= 11 is 0. The molecule has 0 aliphatic heterocycles. The fourth-order valence-corrected chi connectivity index (χ4v) is 2.89. The number of rotatable bonds is 4. The molecule has 3 aromatic rings. The van der Waals surface area contributed by atoms with Gasteiger partial charge in [0, 0.05) is 11.8 Å². The van der Waals surface area contributed by atoms with Crippen LogP contribution in [0, 0.1) is 18.7 Å². The van der Waals surface area contributed by atoms with Gasteiger partial charge in [0.1, 0.15) is 11.3 Å². The summed E-state index contributed by atoms with van der Waals surface area (Å²) in [7, 11) is 0. The molecule has 1 atom stereocenters. The minimum atomic E-state index is -0.352. The van der Waals surface area contributed by atoms with E-state index in [9.17, 15) is 9.50 Å². The molecule has 0 radical (unpaired) electrons. The number of aliphatic hydroxyl groups is 1. The average molecular weight is 311 g/mol. The maximum Gasteiger partial charge on any atom is 0.126 e. The number of aromatic nitrogens is 3. The lowest BCUT2D eigenvalue weighted by atomic mass is 10.0. The van der Waals surface area contributed by atoms with Crippen LogP contribution in [0.5, 0.6) is 0 Å². The summed E-state index contributed by atoms with van der Waals surface area (Å²) < 4.78 is 15.3. The van der Waals surface area contributed by atoms with Gasteiger partial charge in [0.15, 0.2) is 0 Å². The molecule has 2 heterocycles. The van der Waals surface area contributed by atoms with Crippen molar-refractivity contribution in [2.45, 2.75) is 32.4 Å². The summed E-state index contributed by atoms with van der Waals surface area (Å²) in [5, 5.41) is 14.5. The topological polar surface area (TPSA) is 50.9 Å². The Morgan fingerprint density at radius 1 is 1.26 bits per heavy atom. The smallest absolute Gasteiger partial charge is 0.126 e. The van der Waals surface area contributed by atoms with Gasteiger partial charge in [-0.05, 0) is 55.0 Å². The number of pyridine rings is 1. The van der Waals surface area contributed by atoms with Crippen molar-refractivity contribution in [1.82, 2.24) is 14.8 Å². The Labute approximate surface area is 133 Å². The van der Waals surface area contributed by atoms with E-state index >= 15 is 0 Å². The van der Waals surface area contributed by atoms with Gasteiger partial charge in [0.05, 0.1) is 24.4 Å². The van der Waals surface area contributed by atoms with Crippen LogP contribution in [-0.2, 0) is 6.54 Å². The molecule has 1 N–H and O–H groups in total. The first-order valence-electron chi connectivity index (χ1n) is 7.88. The zero-order valence-corrected chi connectivity index (χ0v) is 12.9. The number of halogens is 1. The SMILES string of the molecule is Cc1cc(-c2cnc3cnn(C[C@H](O)C4CC4)c3c2)ccc1F. The second-order valence-corrected chi connectivity index (χ2v) is 6.32. The van der Waals surface area contributed by atoms with Gasteiger partial charge in [-0.1, -0.05) is 6.07 Å². The number of hydrogen-bond donors (Lipinski definition) is 1. The highest BCUT2D eigenvalue weighted by atomic mass is 19.1. The van der Waals surface area contributed by atoms with E-state index < -0.39 is 0 Å². The maximum atomic E-state index is 13.4. The highest BCUT2D eigenvalue weighted by Crippen LogP contribution is 2.33. The summed E-state index contributed by atoms with van der Waals surface area (Å²) in [6, 6.07) is 7.05. The van der Waals surface area contributed by atoms with Crippen LogP contribution in [0.4, 0.5) is 4.39 Å². The second-order valence-electron chi connectivity index (χ2n) is 6.32. The number of aryl methyl sites for hydroxylation is 1. The van der Waals surface area contributed by atoms with Gasteiger partial charge in [0.25, 0.3) is 0 Å². The first-order valence-corrected chi connectivity index (χ1v) is 7.88. The number of aliphatic hydroxyl groups excluding tert-OH is 1. The Morgan fingerprint density at radius 3 is 2.83 bits per heavy atom. The van der Waals surface area contributed by atoms with Gasteiger partial charge < -0.3 is 5.11 Å². The predicted molar refractivity (Wildman–Crippen MR) is 86.4 cm³/mol. The van der Waals surface area contributed by atoms with E-state index in [1.54, 1.807) is 25.4 Å². The van der Waals surface area contributed by atoms with Crippen LogP contribution in [0.1, 0.15) is 18.4 Å². The van der Waals surface area contributed by atoms with Crippen LogP contribution >= 0.6 is 0 Å².